The molecule has 0 aliphatic carbocycles. The van der Waals surface area contributed by atoms with Crippen molar-refractivity contribution < 1.29 is 14.3 Å². The molecule has 3 aromatic rings. The zero-order chi connectivity index (χ0) is 21.2. The van der Waals surface area contributed by atoms with Crippen LogP contribution in [0.2, 0.25) is 0 Å². The summed E-state index contributed by atoms with van der Waals surface area (Å²) >= 11 is 0. The molecule has 0 N–H and O–H groups in total. The molecule has 0 bridgehead atoms. The van der Waals surface area contributed by atoms with E-state index >= 15 is 0 Å². The second-order valence-corrected chi connectivity index (χ2v) is 8.04. The summed E-state index contributed by atoms with van der Waals surface area (Å²) in [5.74, 6) is 0.668. The Balaban J connectivity index is 1.40. The summed E-state index contributed by atoms with van der Waals surface area (Å²) in [5.41, 5.74) is 4.75. The highest BCUT2D eigenvalue weighted by Crippen LogP contribution is 2.25. The van der Waals surface area contributed by atoms with Crippen LogP contribution < -0.4 is 0 Å². The maximum Gasteiger partial charge on any atom is 0.337 e. The maximum atomic E-state index is 12.0. The van der Waals surface area contributed by atoms with Crippen molar-refractivity contribution in [1.82, 2.24) is 19.4 Å². The van der Waals surface area contributed by atoms with E-state index in [0.29, 0.717) is 5.56 Å². The number of nitrogens with zero attached hydrogens (tertiary/aromatic N) is 4. The van der Waals surface area contributed by atoms with Crippen LogP contribution >= 0.6 is 0 Å². The lowest BCUT2D eigenvalue weighted by Gasteiger charge is -2.29. The van der Waals surface area contributed by atoms with Crippen molar-refractivity contribution in [3.63, 3.8) is 0 Å². The lowest BCUT2D eigenvalue weighted by molar-refractivity contribution is -0.0591. The van der Waals surface area contributed by atoms with Gasteiger partial charge in [0.15, 0.2) is 0 Å². The number of esters is 1. The summed E-state index contributed by atoms with van der Waals surface area (Å²) in [6.07, 6.45) is 6.33. The fraction of sp³-hybridized carbons (Fsp3) is 0.375. The van der Waals surface area contributed by atoms with Crippen LogP contribution in [0, 0.1) is 0 Å². The van der Waals surface area contributed by atoms with Crippen molar-refractivity contribution in [2.45, 2.75) is 32.0 Å². The number of rotatable bonds is 6. The number of fused-ring (bicyclic) bond motifs is 1. The van der Waals surface area contributed by atoms with Crippen LogP contribution in [0.5, 0.6) is 0 Å². The Bertz CT molecular complexity index is 1120. The third-order valence-corrected chi connectivity index (χ3v) is 6.08. The molecule has 0 saturated carbocycles. The Hall–Kier alpha value is -3.03. The molecular formula is C24H26N4O3. The highest BCUT2D eigenvalue weighted by molar-refractivity contribution is 5.93. The standard InChI is InChI=1S/C24H26N4O3/c1-30-24(29)18-5-6-21-22(14-18)28(15-19-9-13-31-19)23(26-21)16-27-11-7-17(8-12-27)20-4-2-3-10-25-20/h2-7,10,14,19H,8-9,11-13,15-16H2,1H3/t19-/m0/s1. The quantitative estimate of drug-likeness (QED) is 0.572. The summed E-state index contributed by atoms with van der Waals surface area (Å²) in [4.78, 5) is 23.8. The van der Waals surface area contributed by atoms with Crippen LogP contribution in [0.1, 0.15) is 34.7 Å². The van der Waals surface area contributed by atoms with Crippen LogP contribution in [0.3, 0.4) is 0 Å². The van der Waals surface area contributed by atoms with Gasteiger partial charge in [-0.05, 0) is 48.7 Å². The minimum absolute atomic E-state index is 0.204. The van der Waals surface area contributed by atoms with Gasteiger partial charge in [-0.2, -0.15) is 0 Å². The van der Waals surface area contributed by atoms with E-state index < -0.39 is 0 Å². The largest absolute Gasteiger partial charge is 0.465 e. The van der Waals surface area contributed by atoms with Gasteiger partial charge in [-0.3, -0.25) is 9.88 Å². The fourth-order valence-electron chi connectivity index (χ4n) is 4.21. The predicted molar refractivity (Wildman–Crippen MR) is 118 cm³/mol. The molecule has 1 saturated heterocycles. The summed E-state index contributed by atoms with van der Waals surface area (Å²) < 4.78 is 12.8. The molecule has 1 aromatic carbocycles. The van der Waals surface area contributed by atoms with Gasteiger partial charge in [0.05, 0.1) is 48.6 Å². The molecule has 160 valence electrons. The second-order valence-electron chi connectivity index (χ2n) is 8.04. The highest BCUT2D eigenvalue weighted by atomic mass is 16.5. The molecule has 7 heteroatoms. The molecule has 5 rings (SSSR count). The Labute approximate surface area is 181 Å². The Morgan fingerprint density at radius 3 is 2.87 bits per heavy atom. The molecule has 7 nitrogen and oxygen atoms in total. The Kier molecular flexibility index (Phi) is 5.53. The van der Waals surface area contributed by atoms with Gasteiger partial charge in [-0.25, -0.2) is 9.78 Å². The molecule has 1 atom stereocenters. The topological polar surface area (TPSA) is 69.5 Å². The van der Waals surface area contributed by atoms with E-state index in [1.807, 2.05) is 30.5 Å². The average Bonchev–Trinajstić information content (AvgIpc) is 3.12. The molecule has 4 heterocycles. The van der Waals surface area contributed by atoms with Crippen LogP contribution in [0.25, 0.3) is 16.6 Å². The van der Waals surface area contributed by atoms with Gasteiger partial charge in [0.25, 0.3) is 0 Å². The molecule has 0 spiro atoms. The molecule has 1 fully saturated rings. The molecule has 2 aromatic heterocycles. The van der Waals surface area contributed by atoms with Gasteiger partial charge >= 0.3 is 5.97 Å². The first-order chi connectivity index (χ1) is 15.2. The third kappa shape index (κ3) is 4.11. The highest BCUT2D eigenvalue weighted by Gasteiger charge is 2.24. The number of imidazole rings is 1. The number of hydrogen-bond acceptors (Lipinski definition) is 6. The van der Waals surface area contributed by atoms with Gasteiger partial charge in [0, 0.05) is 25.9 Å². The molecule has 2 aliphatic heterocycles. The van der Waals surface area contributed by atoms with Crippen LogP contribution in [0.15, 0.2) is 48.7 Å². The molecule has 0 radical (unpaired) electrons. The summed E-state index contributed by atoms with van der Waals surface area (Å²) in [5, 5.41) is 0. The molecule has 0 amide bonds. The number of carbonyl (C=O) groups excluding carboxylic acids is 1. The number of carbonyl (C=O) groups is 1. The monoisotopic (exact) mass is 418 g/mol. The first kappa shape index (κ1) is 19.9. The van der Waals surface area contributed by atoms with Gasteiger partial charge in [0.1, 0.15) is 5.82 Å². The van der Waals surface area contributed by atoms with E-state index in [1.54, 1.807) is 6.07 Å². The average molecular weight is 418 g/mol. The number of methoxy groups -OCH3 is 1. The normalized spacial score (nSPS) is 19.1. The molecular weight excluding hydrogens is 392 g/mol. The number of ether oxygens (including phenoxy) is 2. The molecule has 2 aliphatic rings. The van der Waals surface area contributed by atoms with Gasteiger partial charge in [0.2, 0.25) is 0 Å². The van der Waals surface area contributed by atoms with Crippen LogP contribution in [-0.2, 0) is 22.6 Å². The second kappa shape index (κ2) is 8.61. The van der Waals surface area contributed by atoms with Crippen LogP contribution in [-0.4, -0.2) is 58.3 Å². The van der Waals surface area contributed by atoms with Crippen molar-refractivity contribution in [1.29, 1.82) is 0 Å². The van der Waals surface area contributed by atoms with E-state index in [4.69, 9.17) is 14.5 Å². The van der Waals surface area contributed by atoms with E-state index in [9.17, 15) is 4.79 Å². The van der Waals surface area contributed by atoms with E-state index in [1.165, 1.54) is 12.7 Å². The lowest BCUT2D eigenvalue weighted by atomic mass is 10.0. The minimum Gasteiger partial charge on any atom is -0.465 e. The predicted octanol–water partition coefficient (Wildman–Crippen LogP) is 3.30. The van der Waals surface area contributed by atoms with Gasteiger partial charge in [-0.1, -0.05) is 12.1 Å². The van der Waals surface area contributed by atoms with Crippen molar-refractivity contribution in [2.24, 2.45) is 0 Å². The summed E-state index contributed by atoms with van der Waals surface area (Å²) in [6, 6.07) is 11.6. The zero-order valence-corrected chi connectivity index (χ0v) is 17.7. The summed E-state index contributed by atoms with van der Waals surface area (Å²) in [6.45, 7) is 4.13. The van der Waals surface area contributed by atoms with Crippen molar-refractivity contribution >= 4 is 22.6 Å². The van der Waals surface area contributed by atoms with Crippen molar-refractivity contribution in [3.05, 3.63) is 65.8 Å². The van der Waals surface area contributed by atoms with Crippen molar-refractivity contribution in [3.8, 4) is 0 Å². The van der Waals surface area contributed by atoms with E-state index in [-0.39, 0.29) is 12.1 Å². The van der Waals surface area contributed by atoms with Gasteiger partial charge < -0.3 is 14.0 Å². The Morgan fingerprint density at radius 2 is 2.19 bits per heavy atom. The smallest absolute Gasteiger partial charge is 0.337 e. The lowest BCUT2D eigenvalue weighted by Crippen LogP contribution is -2.33. The minimum atomic E-state index is -0.334. The maximum absolute atomic E-state index is 12.0. The first-order valence-corrected chi connectivity index (χ1v) is 10.7. The Morgan fingerprint density at radius 1 is 1.29 bits per heavy atom. The fourth-order valence-corrected chi connectivity index (χ4v) is 4.21. The third-order valence-electron chi connectivity index (χ3n) is 6.08. The molecule has 31 heavy (non-hydrogen) atoms. The zero-order valence-electron chi connectivity index (χ0n) is 17.7. The first-order valence-electron chi connectivity index (χ1n) is 10.7. The number of hydrogen-bond donors (Lipinski definition) is 0. The van der Waals surface area contributed by atoms with E-state index in [0.717, 1.165) is 68.2 Å². The van der Waals surface area contributed by atoms with Gasteiger partial charge in [-0.15, -0.1) is 0 Å². The van der Waals surface area contributed by atoms with Crippen molar-refractivity contribution in [2.75, 3.05) is 26.8 Å². The summed E-state index contributed by atoms with van der Waals surface area (Å²) in [7, 11) is 1.40. The van der Waals surface area contributed by atoms with E-state index in [2.05, 4.69) is 26.6 Å². The van der Waals surface area contributed by atoms with Crippen LogP contribution in [0.4, 0.5) is 0 Å². The SMILES string of the molecule is COC(=O)c1ccc2nc(CN3CC=C(c4ccccn4)CC3)n(C[C@@H]3CCO3)c2c1. The number of aromatic nitrogens is 3. The number of benzene rings is 1. The molecule has 0 unspecified atom stereocenters. The number of pyridine rings is 1.